The van der Waals surface area contributed by atoms with E-state index in [1.165, 1.54) is 23.1 Å². The van der Waals surface area contributed by atoms with E-state index < -0.39 is 0 Å². The molecule has 1 aromatic rings. The molecular formula is C18H27NO2. The zero-order chi connectivity index (χ0) is 14.9. The zero-order valence-electron chi connectivity index (χ0n) is 13.5. The van der Waals surface area contributed by atoms with E-state index in [-0.39, 0.29) is 5.60 Å². The third kappa shape index (κ3) is 3.01. The molecule has 1 spiro atoms. The molecule has 2 heterocycles. The van der Waals surface area contributed by atoms with Gasteiger partial charge >= 0.3 is 0 Å². The van der Waals surface area contributed by atoms with Crippen LogP contribution in [0, 0.1) is 19.8 Å². The first-order valence-electron chi connectivity index (χ1n) is 8.04. The van der Waals surface area contributed by atoms with Crippen LogP contribution in [0.25, 0.3) is 0 Å². The number of ether oxygens (including phenoxy) is 2. The first-order valence-corrected chi connectivity index (χ1v) is 8.04. The Morgan fingerprint density at radius 3 is 2.90 bits per heavy atom. The molecule has 3 nitrogen and oxygen atoms in total. The predicted molar refractivity (Wildman–Crippen MR) is 84.5 cm³/mol. The number of benzene rings is 1. The van der Waals surface area contributed by atoms with E-state index in [4.69, 9.17) is 9.47 Å². The largest absolute Gasteiger partial charge is 0.385 e. The maximum absolute atomic E-state index is 6.11. The van der Waals surface area contributed by atoms with Gasteiger partial charge in [0.1, 0.15) is 0 Å². The third-order valence-electron chi connectivity index (χ3n) is 5.15. The molecule has 21 heavy (non-hydrogen) atoms. The van der Waals surface area contributed by atoms with Crippen LogP contribution in [0.1, 0.15) is 29.5 Å². The van der Waals surface area contributed by atoms with Gasteiger partial charge in [-0.1, -0.05) is 23.8 Å². The van der Waals surface area contributed by atoms with E-state index in [1.54, 1.807) is 7.11 Å². The van der Waals surface area contributed by atoms with Gasteiger partial charge in [-0.15, -0.1) is 0 Å². The smallest absolute Gasteiger partial charge is 0.0964 e. The summed E-state index contributed by atoms with van der Waals surface area (Å²) in [6.07, 6.45) is 2.33. The minimum atomic E-state index is 0.121. The Balaban J connectivity index is 1.58. The standard InChI is InChI=1S/C18H27NO2/c1-14-4-5-15(2)16(10-14)11-19-12-18(13-19)17(6-8-20-3)7-9-21-18/h4-5,10,17H,6-9,11-13H2,1-3H3/t17-/m1/s1. The Bertz CT molecular complexity index is 494. The number of rotatable bonds is 5. The van der Waals surface area contributed by atoms with Crippen molar-refractivity contribution in [2.24, 2.45) is 5.92 Å². The fourth-order valence-corrected chi connectivity index (χ4v) is 3.84. The number of hydrogen-bond acceptors (Lipinski definition) is 3. The summed E-state index contributed by atoms with van der Waals surface area (Å²) in [5.41, 5.74) is 4.32. The van der Waals surface area contributed by atoms with E-state index in [9.17, 15) is 0 Å². The number of likely N-dealkylation sites (tertiary alicyclic amines) is 1. The van der Waals surface area contributed by atoms with Gasteiger partial charge in [0.05, 0.1) is 5.60 Å². The minimum Gasteiger partial charge on any atom is -0.385 e. The van der Waals surface area contributed by atoms with E-state index in [2.05, 4.69) is 36.9 Å². The molecule has 1 aromatic carbocycles. The van der Waals surface area contributed by atoms with Crippen LogP contribution >= 0.6 is 0 Å². The molecular weight excluding hydrogens is 262 g/mol. The number of nitrogens with zero attached hydrogens (tertiary/aromatic N) is 1. The SMILES string of the molecule is COCC[C@@H]1CCOC12CN(Cc1cc(C)ccc1C)C2. The molecule has 0 aromatic heterocycles. The molecule has 3 rings (SSSR count). The maximum atomic E-state index is 6.11. The zero-order valence-corrected chi connectivity index (χ0v) is 13.5. The van der Waals surface area contributed by atoms with Crippen molar-refractivity contribution < 1.29 is 9.47 Å². The van der Waals surface area contributed by atoms with Crippen molar-refractivity contribution in [1.29, 1.82) is 0 Å². The maximum Gasteiger partial charge on any atom is 0.0964 e. The van der Waals surface area contributed by atoms with Gasteiger partial charge in [-0.2, -0.15) is 0 Å². The fraction of sp³-hybridized carbons (Fsp3) is 0.667. The monoisotopic (exact) mass is 289 g/mol. The van der Waals surface area contributed by atoms with Crippen molar-refractivity contribution >= 4 is 0 Å². The predicted octanol–water partition coefficient (Wildman–Crippen LogP) is 2.93. The second kappa shape index (κ2) is 6.07. The summed E-state index contributed by atoms with van der Waals surface area (Å²) in [6, 6.07) is 6.74. The van der Waals surface area contributed by atoms with Gasteiger partial charge in [-0.25, -0.2) is 0 Å². The van der Waals surface area contributed by atoms with Gasteiger partial charge in [0.2, 0.25) is 0 Å². The highest BCUT2D eigenvalue weighted by molar-refractivity contribution is 5.30. The highest BCUT2D eigenvalue weighted by Gasteiger charge is 2.52. The molecule has 0 saturated carbocycles. The van der Waals surface area contributed by atoms with Crippen molar-refractivity contribution in [2.45, 2.75) is 38.8 Å². The molecule has 0 radical (unpaired) electrons. The van der Waals surface area contributed by atoms with Gasteiger partial charge in [0.15, 0.2) is 0 Å². The topological polar surface area (TPSA) is 21.7 Å². The van der Waals surface area contributed by atoms with Crippen LogP contribution in [-0.4, -0.2) is 43.9 Å². The van der Waals surface area contributed by atoms with Crippen LogP contribution in [0.2, 0.25) is 0 Å². The minimum absolute atomic E-state index is 0.121. The van der Waals surface area contributed by atoms with E-state index in [0.29, 0.717) is 5.92 Å². The molecule has 2 aliphatic heterocycles. The average Bonchev–Trinajstić information content (AvgIpc) is 2.84. The van der Waals surface area contributed by atoms with Crippen molar-refractivity contribution in [2.75, 3.05) is 33.4 Å². The summed E-state index contributed by atoms with van der Waals surface area (Å²) in [4.78, 5) is 2.52. The van der Waals surface area contributed by atoms with Crippen LogP contribution in [0.5, 0.6) is 0 Å². The highest BCUT2D eigenvalue weighted by Crippen LogP contribution is 2.42. The third-order valence-corrected chi connectivity index (χ3v) is 5.15. The van der Waals surface area contributed by atoms with Gasteiger partial charge in [-0.05, 0) is 43.7 Å². The molecule has 2 saturated heterocycles. The van der Waals surface area contributed by atoms with Crippen molar-refractivity contribution in [3.05, 3.63) is 34.9 Å². The first kappa shape index (κ1) is 15.0. The molecule has 0 amide bonds. The summed E-state index contributed by atoms with van der Waals surface area (Å²) in [6.45, 7) is 9.36. The fourth-order valence-electron chi connectivity index (χ4n) is 3.84. The van der Waals surface area contributed by atoms with Gasteiger partial charge in [0.25, 0.3) is 0 Å². The Hall–Kier alpha value is -0.900. The number of hydrogen-bond donors (Lipinski definition) is 0. The van der Waals surface area contributed by atoms with Crippen LogP contribution in [0.4, 0.5) is 0 Å². The van der Waals surface area contributed by atoms with E-state index in [1.807, 2.05) is 0 Å². The van der Waals surface area contributed by atoms with Gasteiger partial charge in [0, 0.05) is 40.0 Å². The lowest BCUT2D eigenvalue weighted by molar-refractivity contribution is -0.138. The second-order valence-corrected chi connectivity index (χ2v) is 6.76. The quantitative estimate of drug-likeness (QED) is 0.832. The van der Waals surface area contributed by atoms with Gasteiger partial charge < -0.3 is 9.47 Å². The lowest BCUT2D eigenvalue weighted by Gasteiger charge is -2.50. The van der Waals surface area contributed by atoms with Crippen molar-refractivity contribution in [3.8, 4) is 0 Å². The molecule has 0 N–H and O–H groups in total. The van der Waals surface area contributed by atoms with Crippen LogP contribution in [0.15, 0.2) is 18.2 Å². The second-order valence-electron chi connectivity index (χ2n) is 6.76. The first-order chi connectivity index (χ1) is 10.1. The van der Waals surface area contributed by atoms with Crippen molar-refractivity contribution in [3.63, 3.8) is 0 Å². The highest BCUT2D eigenvalue weighted by atomic mass is 16.5. The molecule has 0 aliphatic carbocycles. The average molecular weight is 289 g/mol. The summed E-state index contributed by atoms with van der Waals surface area (Å²) in [7, 11) is 1.79. The summed E-state index contributed by atoms with van der Waals surface area (Å²) >= 11 is 0. The molecule has 116 valence electrons. The molecule has 2 fully saturated rings. The molecule has 0 bridgehead atoms. The Morgan fingerprint density at radius 2 is 2.14 bits per heavy atom. The normalized spacial score (nSPS) is 24.4. The Labute approximate surface area is 128 Å². The molecule has 2 aliphatic rings. The van der Waals surface area contributed by atoms with Crippen molar-refractivity contribution in [1.82, 2.24) is 4.90 Å². The summed E-state index contributed by atoms with van der Waals surface area (Å²) in [5, 5.41) is 0. The molecule has 1 atom stereocenters. The van der Waals surface area contributed by atoms with E-state index in [0.717, 1.165) is 39.3 Å². The lowest BCUT2D eigenvalue weighted by atomic mass is 9.79. The van der Waals surface area contributed by atoms with Crippen LogP contribution in [-0.2, 0) is 16.0 Å². The lowest BCUT2D eigenvalue weighted by Crippen LogP contribution is -2.64. The number of methoxy groups -OCH3 is 1. The van der Waals surface area contributed by atoms with Gasteiger partial charge in [-0.3, -0.25) is 4.90 Å². The summed E-state index contributed by atoms with van der Waals surface area (Å²) in [5.74, 6) is 0.673. The number of aryl methyl sites for hydroxylation is 2. The molecule has 0 unspecified atom stereocenters. The van der Waals surface area contributed by atoms with Crippen LogP contribution < -0.4 is 0 Å². The molecule has 3 heteroatoms. The summed E-state index contributed by atoms with van der Waals surface area (Å²) < 4.78 is 11.4. The van der Waals surface area contributed by atoms with Crippen LogP contribution in [0.3, 0.4) is 0 Å². The Kier molecular flexibility index (Phi) is 4.34. The van der Waals surface area contributed by atoms with E-state index >= 15 is 0 Å². The Morgan fingerprint density at radius 1 is 1.33 bits per heavy atom.